The first-order valence-corrected chi connectivity index (χ1v) is 5.29. The van der Waals surface area contributed by atoms with Crippen LogP contribution < -0.4 is 5.32 Å². The van der Waals surface area contributed by atoms with Gasteiger partial charge in [-0.05, 0) is 18.2 Å². The molecule has 0 aliphatic heterocycles. The molecule has 1 aromatic rings. The molecular formula is C10H10BrF2NO. The van der Waals surface area contributed by atoms with Crippen LogP contribution in [0.1, 0.15) is 17.3 Å². The lowest BCUT2D eigenvalue weighted by Gasteiger charge is -2.07. The molecule has 1 amide bonds. The van der Waals surface area contributed by atoms with E-state index in [-0.39, 0.29) is 10.4 Å². The minimum Gasteiger partial charge on any atom is -0.351 e. The molecule has 0 saturated carbocycles. The zero-order chi connectivity index (χ0) is 11.4. The fourth-order valence-electron chi connectivity index (χ4n) is 1.00. The number of halogens is 3. The number of hydrogen-bond donors (Lipinski definition) is 1. The van der Waals surface area contributed by atoms with E-state index in [2.05, 4.69) is 21.2 Å². The van der Waals surface area contributed by atoms with Crippen LogP contribution >= 0.6 is 15.9 Å². The Bertz CT molecular complexity index is 368. The number of hydrogen-bond acceptors (Lipinski definition) is 1. The second-order valence-electron chi connectivity index (χ2n) is 3.11. The Balaban J connectivity index is 2.77. The second kappa shape index (κ2) is 5.21. The van der Waals surface area contributed by atoms with Gasteiger partial charge in [0, 0.05) is 11.4 Å². The molecule has 0 heterocycles. The quantitative estimate of drug-likeness (QED) is 0.845. The normalized spacial score (nSPS) is 12.3. The number of nitrogens with one attached hydrogen (secondary N) is 1. The Labute approximate surface area is 94.8 Å². The zero-order valence-electron chi connectivity index (χ0n) is 8.06. The van der Waals surface area contributed by atoms with E-state index in [1.807, 2.05) is 6.92 Å². The number of benzene rings is 1. The van der Waals surface area contributed by atoms with E-state index in [0.717, 1.165) is 18.2 Å². The average molecular weight is 278 g/mol. The van der Waals surface area contributed by atoms with Crippen molar-refractivity contribution in [1.82, 2.24) is 5.32 Å². The zero-order valence-corrected chi connectivity index (χ0v) is 9.64. The monoisotopic (exact) mass is 277 g/mol. The van der Waals surface area contributed by atoms with Crippen LogP contribution in [0.2, 0.25) is 0 Å². The molecule has 0 saturated heterocycles. The summed E-state index contributed by atoms with van der Waals surface area (Å²) in [7, 11) is 0. The molecule has 5 heteroatoms. The topological polar surface area (TPSA) is 29.1 Å². The number of carbonyl (C=O) groups excluding carboxylic acids is 1. The van der Waals surface area contributed by atoms with Gasteiger partial charge in [-0.1, -0.05) is 22.9 Å². The van der Waals surface area contributed by atoms with Crippen LogP contribution in [0.15, 0.2) is 18.2 Å². The minimum atomic E-state index is -0.726. The summed E-state index contributed by atoms with van der Waals surface area (Å²) in [6.45, 7) is 2.19. The van der Waals surface area contributed by atoms with Crippen molar-refractivity contribution in [2.24, 2.45) is 0 Å². The molecule has 15 heavy (non-hydrogen) atoms. The summed E-state index contributed by atoms with van der Waals surface area (Å²) in [5.41, 5.74) is -0.275. The van der Waals surface area contributed by atoms with Crippen molar-refractivity contribution in [2.45, 2.75) is 11.8 Å². The molecule has 1 aromatic carbocycles. The van der Waals surface area contributed by atoms with E-state index in [1.165, 1.54) is 0 Å². The number of alkyl halides is 1. The van der Waals surface area contributed by atoms with Crippen LogP contribution in [-0.2, 0) is 0 Å². The largest absolute Gasteiger partial charge is 0.351 e. The van der Waals surface area contributed by atoms with Gasteiger partial charge in [-0.3, -0.25) is 4.79 Å². The first-order valence-electron chi connectivity index (χ1n) is 4.38. The predicted molar refractivity (Wildman–Crippen MR) is 57.1 cm³/mol. The lowest BCUT2D eigenvalue weighted by Crippen LogP contribution is -2.29. The van der Waals surface area contributed by atoms with Gasteiger partial charge in [-0.25, -0.2) is 8.78 Å². The third-order valence-corrected chi connectivity index (χ3v) is 2.04. The number of amides is 1. The maximum atomic E-state index is 13.1. The summed E-state index contributed by atoms with van der Waals surface area (Å²) in [4.78, 5) is 11.5. The molecule has 1 unspecified atom stereocenters. The molecule has 0 fully saturated rings. The van der Waals surface area contributed by atoms with Crippen molar-refractivity contribution in [1.29, 1.82) is 0 Å². The highest BCUT2D eigenvalue weighted by atomic mass is 79.9. The second-order valence-corrected chi connectivity index (χ2v) is 4.68. The molecule has 1 N–H and O–H groups in total. The number of rotatable bonds is 3. The molecule has 1 rings (SSSR count). The first-order chi connectivity index (χ1) is 7.00. The Morgan fingerprint density at radius 3 is 2.80 bits per heavy atom. The first kappa shape index (κ1) is 12.1. The molecule has 82 valence electrons. The summed E-state index contributed by atoms with van der Waals surface area (Å²) < 4.78 is 25.9. The van der Waals surface area contributed by atoms with Crippen molar-refractivity contribution in [3.8, 4) is 0 Å². The fraction of sp³-hybridized carbons (Fsp3) is 0.300. The lowest BCUT2D eigenvalue weighted by molar-refractivity contribution is 0.0949. The van der Waals surface area contributed by atoms with Gasteiger partial charge in [-0.15, -0.1) is 0 Å². The standard InChI is InChI=1S/C10H10BrF2NO/c1-6(11)5-14-10(15)8-4-7(12)2-3-9(8)13/h2-4,6H,5H2,1H3,(H,14,15). The average Bonchev–Trinajstić information content (AvgIpc) is 2.18. The Morgan fingerprint density at radius 1 is 1.53 bits per heavy atom. The van der Waals surface area contributed by atoms with E-state index in [1.54, 1.807) is 0 Å². The van der Waals surface area contributed by atoms with E-state index in [0.29, 0.717) is 6.54 Å². The highest BCUT2D eigenvalue weighted by Crippen LogP contribution is 2.09. The van der Waals surface area contributed by atoms with Crippen molar-refractivity contribution in [3.05, 3.63) is 35.4 Å². The van der Waals surface area contributed by atoms with Crippen LogP contribution in [0.4, 0.5) is 8.78 Å². The summed E-state index contributed by atoms with van der Waals surface area (Å²) in [6.07, 6.45) is 0. The summed E-state index contributed by atoms with van der Waals surface area (Å²) in [5.74, 6) is -1.97. The molecule has 0 radical (unpaired) electrons. The van der Waals surface area contributed by atoms with Gasteiger partial charge < -0.3 is 5.32 Å². The highest BCUT2D eigenvalue weighted by Gasteiger charge is 2.12. The molecule has 0 bridgehead atoms. The highest BCUT2D eigenvalue weighted by molar-refractivity contribution is 9.09. The Hall–Kier alpha value is -0.970. The van der Waals surface area contributed by atoms with Crippen LogP contribution in [0.5, 0.6) is 0 Å². The van der Waals surface area contributed by atoms with Crippen molar-refractivity contribution >= 4 is 21.8 Å². The van der Waals surface area contributed by atoms with E-state index in [4.69, 9.17) is 0 Å². The molecular weight excluding hydrogens is 268 g/mol. The maximum Gasteiger partial charge on any atom is 0.254 e. The SMILES string of the molecule is CC(Br)CNC(=O)c1cc(F)ccc1F. The molecule has 0 aliphatic carbocycles. The van der Waals surface area contributed by atoms with Crippen molar-refractivity contribution < 1.29 is 13.6 Å². The van der Waals surface area contributed by atoms with Crippen LogP contribution in [0, 0.1) is 11.6 Å². The molecule has 0 aromatic heterocycles. The third kappa shape index (κ3) is 3.58. The smallest absolute Gasteiger partial charge is 0.254 e. The fourth-order valence-corrected chi connectivity index (χ4v) is 1.16. The van der Waals surface area contributed by atoms with Gasteiger partial charge in [0.15, 0.2) is 0 Å². The summed E-state index contributed by atoms with van der Waals surface area (Å²) in [5, 5.41) is 2.47. The van der Waals surface area contributed by atoms with Crippen LogP contribution in [-0.4, -0.2) is 17.3 Å². The lowest BCUT2D eigenvalue weighted by atomic mass is 10.2. The van der Waals surface area contributed by atoms with Crippen molar-refractivity contribution in [2.75, 3.05) is 6.54 Å². The van der Waals surface area contributed by atoms with E-state index >= 15 is 0 Å². The van der Waals surface area contributed by atoms with Gasteiger partial charge in [0.25, 0.3) is 5.91 Å². The summed E-state index contributed by atoms with van der Waals surface area (Å²) in [6, 6.07) is 2.78. The van der Waals surface area contributed by atoms with Crippen LogP contribution in [0.3, 0.4) is 0 Å². The van der Waals surface area contributed by atoms with Gasteiger partial charge in [0.2, 0.25) is 0 Å². The van der Waals surface area contributed by atoms with E-state index in [9.17, 15) is 13.6 Å². The van der Waals surface area contributed by atoms with Crippen molar-refractivity contribution in [3.63, 3.8) is 0 Å². The van der Waals surface area contributed by atoms with Gasteiger partial charge in [0.1, 0.15) is 11.6 Å². The van der Waals surface area contributed by atoms with Gasteiger partial charge in [0.05, 0.1) is 5.56 Å². The van der Waals surface area contributed by atoms with Gasteiger partial charge >= 0.3 is 0 Å². The van der Waals surface area contributed by atoms with E-state index < -0.39 is 17.5 Å². The predicted octanol–water partition coefficient (Wildman–Crippen LogP) is 2.48. The van der Waals surface area contributed by atoms with Gasteiger partial charge in [-0.2, -0.15) is 0 Å². The maximum absolute atomic E-state index is 13.1. The Morgan fingerprint density at radius 2 is 2.20 bits per heavy atom. The molecule has 1 atom stereocenters. The Kier molecular flexibility index (Phi) is 4.20. The molecule has 0 aliphatic rings. The third-order valence-electron chi connectivity index (χ3n) is 1.72. The molecule has 0 spiro atoms. The van der Waals surface area contributed by atoms with Crippen LogP contribution in [0.25, 0.3) is 0 Å². The number of carbonyl (C=O) groups is 1. The summed E-state index contributed by atoms with van der Waals surface area (Å²) >= 11 is 3.23. The molecule has 2 nitrogen and oxygen atoms in total. The minimum absolute atomic E-state index is 0.0815.